The molecule has 0 saturated heterocycles. The minimum Gasteiger partial charge on any atom is -0.0654 e. The van der Waals surface area contributed by atoms with Crippen LogP contribution in [0.15, 0.2) is 0 Å². The van der Waals surface area contributed by atoms with E-state index in [4.69, 9.17) is 0 Å². The lowest BCUT2D eigenvalue weighted by molar-refractivity contribution is 0.287. The average Bonchev–Trinajstić information content (AvgIpc) is 2.21. The van der Waals surface area contributed by atoms with Gasteiger partial charge in [0.2, 0.25) is 0 Å². The molecule has 0 radical (unpaired) electrons. The van der Waals surface area contributed by atoms with Crippen LogP contribution in [-0.4, -0.2) is 0 Å². The van der Waals surface area contributed by atoms with E-state index in [1.54, 1.807) is 0 Å². The summed E-state index contributed by atoms with van der Waals surface area (Å²) in [7, 11) is 0. The van der Waals surface area contributed by atoms with E-state index in [9.17, 15) is 0 Å². The molecule has 0 aliphatic heterocycles. The van der Waals surface area contributed by atoms with E-state index in [2.05, 4.69) is 34.6 Å². The Morgan fingerprint density at radius 3 is 2.00 bits per heavy atom. The molecule has 0 heterocycles. The second-order valence-corrected chi connectivity index (χ2v) is 6.41. The average molecular weight is 226 g/mol. The third-order valence-electron chi connectivity index (χ3n) is 3.78. The fourth-order valence-corrected chi connectivity index (χ4v) is 2.60. The molecule has 0 nitrogen and oxygen atoms in total. The monoisotopic (exact) mass is 226 g/mol. The Morgan fingerprint density at radius 2 is 1.44 bits per heavy atom. The van der Waals surface area contributed by atoms with E-state index < -0.39 is 0 Å². The fourth-order valence-electron chi connectivity index (χ4n) is 2.60. The van der Waals surface area contributed by atoms with Crippen LogP contribution in [-0.2, 0) is 0 Å². The Labute approximate surface area is 104 Å². The first-order chi connectivity index (χ1) is 7.52. The van der Waals surface area contributed by atoms with Crippen molar-refractivity contribution in [2.75, 3.05) is 0 Å². The van der Waals surface area contributed by atoms with Gasteiger partial charge in [0.25, 0.3) is 0 Å². The second kappa shape index (κ2) is 9.07. The van der Waals surface area contributed by atoms with Crippen molar-refractivity contribution >= 4 is 0 Å². The standard InChI is InChI=1S/C16H34/c1-6-8-11-15(3)12-9-10-14-16(4,5)13-7-2/h15H,6-14H2,1-5H3. The zero-order chi connectivity index (χ0) is 12.4. The lowest BCUT2D eigenvalue weighted by atomic mass is 9.82. The fraction of sp³-hybridized carbons (Fsp3) is 1.00. The van der Waals surface area contributed by atoms with Crippen LogP contribution in [0.1, 0.15) is 92.4 Å². The van der Waals surface area contributed by atoms with Crippen LogP contribution in [0.4, 0.5) is 0 Å². The molecule has 1 unspecified atom stereocenters. The first-order valence-electron chi connectivity index (χ1n) is 7.52. The van der Waals surface area contributed by atoms with Crippen molar-refractivity contribution in [3.63, 3.8) is 0 Å². The van der Waals surface area contributed by atoms with Gasteiger partial charge in [-0.05, 0) is 24.2 Å². The maximum Gasteiger partial charge on any atom is -0.0354 e. The second-order valence-electron chi connectivity index (χ2n) is 6.41. The molecule has 98 valence electrons. The highest BCUT2D eigenvalue weighted by molar-refractivity contribution is 4.68. The molecule has 0 aromatic carbocycles. The zero-order valence-corrected chi connectivity index (χ0v) is 12.4. The van der Waals surface area contributed by atoms with Crippen molar-refractivity contribution in [2.24, 2.45) is 11.3 Å². The van der Waals surface area contributed by atoms with Crippen molar-refractivity contribution in [2.45, 2.75) is 92.4 Å². The molecule has 0 heteroatoms. The van der Waals surface area contributed by atoms with E-state index in [-0.39, 0.29) is 0 Å². The van der Waals surface area contributed by atoms with Gasteiger partial charge in [-0.25, -0.2) is 0 Å². The molecule has 0 amide bonds. The summed E-state index contributed by atoms with van der Waals surface area (Å²) >= 11 is 0. The van der Waals surface area contributed by atoms with E-state index in [1.807, 2.05) is 0 Å². The van der Waals surface area contributed by atoms with E-state index in [1.165, 1.54) is 57.8 Å². The van der Waals surface area contributed by atoms with Gasteiger partial charge in [0.15, 0.2) is 0 Å². The Bertz CT molecular complexity index is 146. The predicted octanol–water partition coefficient (Wildman–Crippen LogP) is 6.20. The van der Waals surface area contributed by atoms with E-state index in [0.29, 0.717) is 5.41 Å². The molecule has 0 aromatic heterocycles. The Morgan fingerprint density at radius 1 is 0.812 bits per heavy atom. The van der Waals surface area contributed by atoms with Gasteiger partial charge >= 0.3 is 0 Å². The van der Waals surface area contributed by atoms with Crippen LogP contribution >= 0.6 is 0 Å². The highest BCUT2D eigenvalue weighted by atomic mass is 14.2. The third-order valence-corrected chi connectivity index (χ3v) is 3.78. The minimum absolute atomic E-state index is 0.585. The van der Waals surface area contributed by atoms with Crippen LogP contribution in [0.5, 0.6) is 0 Å². The summed E-state index contributed by atoms with van der Waals surface area (Å²) in [5, 5.41) is 0. The first-order valence-corrected chi connectivity index (χ1v) is 7.52. The number of hydrogen-bond donors (Lipinski definition) is 0. The van der Waals surface area contributed by atoms with E-state index in [0.717, 1.165) is 5.92 Å². The smallest absolute Gasteiger partial charge is 0.0354 e. The van der Waals surface area contributed by atoms with Gasteiger partial charge in [-0.15, -0.1) is 0 Å². The van der Waals surface area contributed by atoms with Gasteiger partial charge < -0.3 is 0 Å². The number of hydrogen-bond acceptors (Lipinski definition) is 0. The Hall–Kier alpha value is 0. The van der Waals surface area contributed by atoms with Crippen LogP contribution in [0, 0.1) is 11.3 Å². The molecule has 0 saturated carbocycles. The maximum atomic E-state index is 2.43. The van der Waals surface area contributed by atoms with Crippen molar-refractivity contribution in [3.05, 3.63) is 0 Å². The molecule has 1 atom stereocenters. The zero-order valence-electron chi connectivity index (χ0n) is 12.4. The highest BCUT2D eigenvalue weighted by Gasteiger charge is 2.15. The summed E-state index contributed by atoms with van der Waals surface area (Å²) in [6, 6.07) is 0. The van der Waals surface area contributed by atoms with Crippen molar-refractivity contribution in [1.29, 1.82) is 0 Å². The molecule has 0 fully saturated rings. The third kappa shape index (κ3) is 9.24. The van der Waals surface area contributed by atoms with Crippen molar-refractivity contribution in [3.8, 4) is 0 Å². The van der Waals surface area contributed by atoms with Crippen LogP contribution in [0.25, 0.3) is 0 Å². The molecule has 0 bridgehead atoms. The molecular formula is C16H34. The Balaban J connectivity index is 3.44. The van der Waals surface area contributed by atoms with Crippen molar-refractivity contribution < 1.29 is 0 Å². The predicted molar refractivity (Wildman–Crippen MR) is 75.8 cm³/mol. The summed E-state index contributed by atoms with van der Waals surface area (Å²) in [5.41, 5.74) is 0.585. The molecule has 0 aliphatic rings. The van der Waals surface area contributed by atoms with Crippen LogP contribution < -0.4 is 0 Å². The largest absolute Gasteiger partial charge is 0.0654 e. The quantitative estimate of drug-likeness (QED) is 0.389. The number of unbranched alkanes of at least 4 members (excludes halogenated alkanes) is 2. The first kappa shape index (κ1) is 16.0. The summed E-state index contributed by atoms with van der Waals surface area (Å²) in [5.74, 6) is 0.953. The minimum atomic E-state index is 0.585. The van der Waals surface area contributed by atoms with Crippen LogP contribution in [0.2, 0.25) is 0 Å². The van der Waals surface area contributed by atoms with Gasteiger partial charge in [0, 0.05) is 0 Å². The Kier molecular flexibility index (Phi) is 9.07. The van der Waals surface area contributed by atoms with Gasteiger partial charge in [-0.3, -0.25) is 0 Å². The van der Waals surface area contributed by atoms with Gasteiger partial charge in [-0.1, -0.05) is 79.6 Å². The summed E-state index contributed by atoms with van der Waals surface area (Å²) in [4.78, 5) is 0. The van der Waals surface area contributed by atoms with Crippen LogP contribution in [0.3, 0.4) is 0 Å². The number of rotatable bonds is 10. The van der Waals surface area contributed by atoms with Crippen molar-refractivity contribution in [1.82, 2.24) is 0 Å². The molecule has 0 spiro atoms. The molecule has 0 aromatic rings. The lowest BCUT2D eigenvalue weighted by Crippen LogP contribution is -2.10. The summed E-state index contributed by atoms with van der Waals surface area (Å²) < 4.78 is 0. The molecule has 0 N–H and O–H groups in total. The summed E-state index contributed by atoms with van der Waals surface area (Å²) in [6.07, 6.45) is 12.7. The highest BCUT2D eigenvalue weighted by Crippen LogP contribution is 2.29. The summed E-state index contributed by atoms with van der Waals surface area (Å²) in [6.45, 7) is 11.9. The SMILES string of the molecule is CCCCC(C)CCCCC(C)(C)CCC. The van der Waals surface area contributed by atoms with Gasteiger partial charge in [-0.2, -0.15) is 0 Å². The molecule has 16 heavy (non-hydrogen) atoms. The normalized spacial score (nSPS) is 14.1. The maximum absolute atomic E-state index is 2.43. The molecular weight excluding hydrogens is 192 g/mol. The topological polar surface area (TPSA) is 0 Å². The van der Waals surface area contributed by atoms with E-state index >= 15 is 0 Å². The molecule has 0 rings (SSSR count). The molecule has 0 aliphatic carbocycles. The lowest BCUT2D eigenvalue weighted by Gasteiger charge is -2.24. The van der Waals surface area contributed by atoms with Gasteiger partial charge in [0.1, 0.15) is 0 Å². The van der Waals surface area contributed by atoms with Gasteiger partial charge in [0.05, 0.1) is 0 Å².